The van der Waals surface area contributed by atoms with Crippen LogP contribution in [-0.4, -0.2) is 27.6 Å². The topological polar surface area (TPSA) is 42.7 Å². The molecular formula is C15H20N4. The number of aryl methyl sites for hydroxylation is 1. The fourth-order valence-corrected chi connectivity index (χ4v) is 2.71. The van der Waals surface area contributed by atoms with Crippen LogP contribution in [0, 0.1) is 0 Å². The summed E-state index contributed by atoms with van der Waals surface area (Å²) in [6.07, 6.45) is 7.22. The minimum Gasteiger partial charge on any atom is -0.316 e. The van der Waals surface area contributed by atoms with E-state index in [-0.39, 0.29) is 0 Å². The molecule has 19 heavy (non-hydrogen) atoms. The first kappa shape index (κ1) is 12.4. The summed E-state index contributed by atoms with van der Waals surface area (Å²) in [5.74, 6) is 2.59. The Hall–Kier alpha value is -1.68. The van der Waals surface area contributed by atoms with Gasteiger partial charge in [0.2, 0.25) is 0 Å². The maximum atomic E-state index is 4.83. The van der Waals surface area contributed by atoms with E-state index in [1.54, 1.807) is 0 Å². The molecule has 1 aliphatic heterocycles. The van der Waals surface area contributed by atoms with Gasteiger partial charge in [0.15, 0.2) is 0 Å². The number of nitrogens with zero attached hydrogens (tertiary/aromatic N) is 3. The lowest BCUT2D eigenvalue weighted by molar-refractivity contribution is 0.454. The van der Waals surface area contributed by atoms with Gasteiger partial charge in [-0.25, -0.2) is 9.97 Å². The maximum absolute atomic E-state index is 4.83. The molecule has 0 saturated carbocycles. The van der Waals surface area contributed by atoms with Crippen LogP contribution in [0.1, 0.15) is 37.2 Å². The molecule has 0 amide bonds. The van der Waals surface area contributed by atoms with Gasteiger partial charge in [-0.3, -0.25) is 4.57 Å². The van der Waals surface area contributed by atoms with Gasteiger partial charge < -0.3 is 5.32 Å². The van der Waals surface area contributed by atoms with Crippen molar-refractivity contribution in [2.45, 2.75) is 32.1 Å². The number of pyridine rings is 1. The summed E-state index contributed by atoms with van der Waals surface area (Å²) < 4.78 is 2.08. The summed E-state index contributed by atoms with van der Waals surface area (Å²) in [4.78, 5) is 9.19. The predicted molar refractivity (Wildman–Crippen MR) is 75.6 cm³/mol. The Morgan fingerprint density at radius 1 is 1.42 bits per heavy atom. The molecule has 0 spiro atoms. The molecule has 1 saturated heterocycles. The van der Waals surface area contributed by atoms with Crippen molar-refractivity contribution in [1.82, 2.24) is 19.9 Å². The van der Waals surface area contributed by atoms with Crippen molar-refractivity contribution in [3.63, 3.8) is 0 Å². The highest BCUT2D eigenvalue weighted by Gasteiger charge is 2.17. The van der Waals surface area contributed by atoms with E-state index in [0.717, 1.165) is 31.2 Å². The lowest BCUT2D eigenvalue weighted by atomic mass is 9.96. The number of hydrogen-bond donors (Lipinski definition) is 1. The Morgan fingerprint density at radius 2 is 2.37 bits per heavy atom. The van der Waals surface area contributed by atoms with Gasteiger partial charge in [0.1, 0.15) is 11.6 Å². The van der Waals surface area contributed by atoms with Crippen molar-refractivity contribution < 1.29 is 0 Å². The zero-order chi connectivity index (χ0) is 13.1. The Morgan fingerprint density at radius 3 is 3.16 bits per heavy atom. The summed E-state index contributed by atoms with van der Waals surface area (Å²) in [5, 5.41) is 3.45. The van der Waals surface area contributed by atoms with Crippen molar-refractivity contribution in [1.29, 1.82) is 0 Å². The highest BCUT2D eigenvalue weighted by atomic mass is 15.1. The summed E-state index contributed by atoms with van der Waals surface area (Å²) in [7, 11) is 0. The molecule has 0 aliphatic carbocycles. The molecule has 0 aromatic carbocycles. The van der Waals surface area contributed by atoms with Gasteiger partial charge in [0.25, 0.3) is 0 Å². The molecule has 0 bridgehead atoms. The molecule has 1 atom stereocenters. The van der Waals surface area contributed by atoms with Gasteiger partial charge in [-0.1, -0.05) is 13.0 Å². The van der Waals surface area contributed by atoms with Crippen molar-refractivity contribution in [3.8, 4) is 5.82 Å². The van der Waals surface area contributed by atoms with Gasteiger partial charge >= 0.3 is 0 Å². The maximum Gasteiger partial charge on any atom is 0.138 e. The molecule has 3 rings (SSSR count). The lowest BCUT2D eigenvalue weighted by Crippen LogP contribution is -2.29. The minimum atomic E-state index is 0.544. The normalized spacial score (nSPS) is 19.5. The third-order valence-corrected chi connectivity index (χ3v) is 3.75. The van der Waals surface area contributed by atoms with E-state index in [0.29, 0.717) is 5.92 Å². The standard InChI is InChI=1S/C15H20N4/c1-2-14-17-9-10-19(14)15-7-3-6-13(18-15)12-5-4-8-16-11-12/h3,6-7,9-10,12,16H,2,4-5,8,11H2,1H3. The summed E-state index contributed by atoms with van der Waals surface area (Å²) in [6, 6.07) is 6.30. The zero-order valence-corrected chi connectivity index (χ0v) is 11.3. The van der Waals surface area contributed by atoms with Crippen molar-refractivity contribution >= 4 is 0 Å². The molecule has 100 valence electrons. The molecule has 3 heterocycles. The summed E-state index contributed by atoms with van der Waals surface area (Å²) in [5.41, 5.74) is 1.19. The van der Waals surface area contributed by atoms with Gasteiger partial charge in [-0.05, 0) is 31.5 Å². The van der Waals surface area contributed by atoms with Crippen LogP contribution in [0.4, 0.5) is 0 Å². The van der Waals surface area contributed by atoms with Crippen LogP contribution >= 0.6 is 0 Å². The molecule has 1 N–H and O–H groups in total. The Balaban J connectivity index is 1.91. The SMILES string of the molecule is CCc1nccn1-c1cccc(C2CCCNC2)n1. The molecule has 1 aliphatic rings. The van der Waals surface area contributed by atoms with E-state index >= 15 is 0 Å². The van der Waals surface area contributed by atoms with E-state index in [1.807, 2.05) is 12.4 Å². The second kappa shape index (κ2) is 5.53. The second-order valence-electron chi connectivity index (χ2n) is 5.03. The smallest absolute Gasteiger partial charge is 0.138 e. The highest BCUT2D eigenvalue weighted by molar-refractivity contribution is 5.28. The van der Waals surface area contributed by atoms with Crippen LogP contribution in [0.25, 0.3) is 5.82 Å². The Labute approximate surface area is 113 Å². The van der Waals surface area contributed by atoms with Crippen molar-refractivity contribution in [3.05, 3.63) is 42.1 Å². The molecular weight excluding hydrogens is 236 g/mol. The fraction of sp³-hybridized carbons (Fsp3) is 0.467. The van der Waals surface area contributed by atoms with E-state index in [2.05, 4.69) is 40.0 Å². The first-order valence-corrected chi connectivity index (χ1v) is 7.08. The van der Waals surface area contributed by atoms with Crippen LogP contribution in [-0.2, 0) is 6.42 Å². The third-order valence-electron chi connectivity index (χ3n) is 3.75. The van der Waals surface area contributed by atoms with E-state index < -0.39 is 0 Å². The Kier molecular flexibility index (Phi) is 3.60. The number of aromatic nitrogens is 3. The number of nitrogens with one attached hydrogen (secondary N) is 1. The van der Waals surface area contributed by atoms with Crippen molar-refractivity contribution in [2.24, 2.45) is 0 Å². The van der Waals surface area contributed by atoms with E-state index in [1.165, 1.54) is 18.5 Å². The molecule has 2 aromatic rings. The molecule has 4 heteroatoms. The van der Waals surface area contributed by atoms with Gasteiger partial charge in [0.05, 0.1) is 0 Å². The number of imidazole rings is 1. The molecule has 2 aromatic heterocycles. The molecule has 1 fully saturated rings. The van der Waals surface area contributed by atoms with Crippen LogP contribution < -0.4 is 5.32 Å². The molecule has 4 nitrogen and oxygen atoms in total. The van der Waals surface area contributed by atoms with Crippen LogP contribution in [0.3, 0.4) is 0 Å². The van der Waals surface area contributed by atoms with Gasteiger partial charge in [0, 0.05) is 37.0 Å². The fourth-order valence-electron chi connectivity index (χ4n) is 2.71. The summed E-state index contributed by atoms with van der Waals surface area (Å²) >= 11 is 0. The van der Waals surface area contributed by atoms with Crippen LogP contribution in [0.5, 0.6) is 0 Å². The second-order valence-corrected chi connectivity index (χ2v) is 5.03. The van der Waals surface area contributed by atoms with Crippen molar-refractivity contribution in [2.75, 3.05) is 13.1 Å². The predicted octanol–water partition coefficient (Wildman–Crippen LogP) is 2.30. The number of rotatable bonds is 3. The van der Waals surface area contributed by atoms with Gasteiger partial charge in [-0.2, -0.15) is 0 Å². The highest BCUT2D eigenvalue weighted by Crippen LogP contribution is 2.22. The van der Waals surface area contributed by atoms with E-state index in [9.17, 15) is 0 Å². The first-order valence-electron chi connectivity index (χ1n) is 7.08. The average Bonchev–Trinajstić information content (AvgIpc) is 2.97. The summed E-state index contributed by atoms with van der Waals surface area (Å²) in [6.45, 7) is 4.30. The Bertz CT molecular complexity index is 541. The minimum absolute atomic E-state index is 0.544. The quantitative estimate of drug-likeness (QED) is 0.916. The first-order chi connectivity index (χ1) is 9.38. The largest absolute Gasteiger partial charge is 0.316 e. The third kappa shape index (κ3) is 2.54. The number of piperidine rings is 1. The van der Waals surface area contributed by atoms with E-state index in [4.69, 9.17) is 4.98 Å². The molecule has 1 unspecified atom stereocenters. The monoisotopic (exact) mass is 256 g/mol. The zero-order valence-electron chi connectivity index (χ0n) is 11.3. The van der Waals surface area contributed by atoms with Gasteiger partial charge in [-0.15, -0.1) is 0 Å². The molecule has 0 radical (unpaired) electrons. The van der Waals surface area contributed by atoms with Crippen LogP contribution in [0.2, 0.25) is 0 Å². The van der Waals surface area contributed by atoms with Crippen LogP contribution in [0.15, 0.2) is 30.6 Å². The number of hydrogen-bond acceptors (Lipinski definition) is 3. The lowest BCUT2D eigenvalue weighted by Gasteiger charge is -2.22. The average molecular weight is 256 g/mol.